The number of aromatic nitrogens is 1. The third kappa shape index (κ3) is 3.88. The van der Waals surface area contributed by atoms with Crippen LogP contribution in [-0.2, 0) is 0 Å². The molecule has 20 heavy (non-hydrogen) atoms. The molecule has 1 atom stereocenters. The van der Waals surface area contributed by atoms with Crippen molar-refractivity contribution in [3.63, 3.8) is 0 Å². The summed E-state index contributed by atoms with van der Waals surface area (Å²) < 4.78 is 13.4. The second-order valence-electron chi connectivity index (χ2n) is 4.24. The van der Waals surface area contributed by atoms with Gasteiger partial charge in [-0.15, -0.1) is 0 Å². The van der Waals surface area contributed by atoms with E-state index < -0.39 is 5.82 Å². The summed E-state index contributed by atoms with van der Waals surface area (Å²) >= 11 is 10.9. The zero-order chi connectivity index (χ0) is 14.5. The molecular weight excluding hydrogens is 297 g/mol. The van der Waals surface area contributed by atoms with Crippen molar-refractivity contribution in [2.75, 3.05) is 5.32 Å². The predicted molar refractivity (Wildman–Crippen MR) is 83.4 cm³/mol. The Hall–Kier alpha value is -1.72. The Morgan fingerprint density at radius 3 is 2.85 bits per heavy atom. The van der Waals surface area contributed by atoms with Gasteiger partial charge < -0.3 is 10.6 Å². The van der Waals surface area contributed by atoms with Gasteiger partial charge in [-0.1, -0.05) is 17.7 Å². The molecule has 0 bridgehead atoms. The highest BCUT2D eigenvalue weighted by Crippen LogP contribution is 2.20. The molecule has 0 aliphatic heterocycles. The highest BCUT2D eigenvalue weighted by molar-refractivity contribution is 7.80. The quantitative estimate of drug-likeness (QED) is 0.843. The standard InChI is InChI=1S/C14H13ClFN3S/c1-9(10-4-5-12(15)13(16)7-10)18-14(20)19-11-3-2-6-17-8-11/h2-9H,1H3,(H2,18,19,20). The SMILES string of the molecule is CC(NC(=S)Nc1cccnc1)c1ccc(Cl)c(F)c1. The number of hydrogen-bond acceptors (Lipinski definition) is 2. The van der Waals surface area contributed by atoms with Crippen LogP contribution in [0.3, 0.4) is 0 Å². The van der Waals surface area contributed by atoms with Crippen molar-refractivity contribution in [2.24, 2.45) is 0 Å². The van der Waals surface area contributed by atoms with Crippen LogP contribution in [0.2, 0.25) is 5.02 Å². The van der Waals surface area contributed by atoms with Gasteiger partial charge in [-0.25, -0.2) is 4.39 Å². The summed E-state index contributed by atoms with van der Waals surface area (Å²) in [5, 5.41) is 6.63. The van der Waals surface area contributed by atoms with Gasteiger partial charge in [0.05, 0.1) is 22.9 Å². The monoisotopic (exact) mass is 309 g/mol. The second-order valence-corrected chi connectivity index (χ2v) is 5.05. The normalized spacial score (nSPS) is 11.8. The van der Waals surface area contributed by atoms with E-state index in [0.717, 1.165) is 11.3 Å². The Labute approximate surface area is 127 Å². The van der Waals surface area contributed by atoms with E-state index in [0.29, 0.717) is 5.11 Å². The lowest BCUT2D eigenvalue weighted by molar-refractivity contribution is 0.619. The summed E-state index contributed by atoms with van der Waals surface area (Å²) in [6.07, 6.45) is 3.35. The number of anilines is 1. The van der Waals surface area contributed by atoms with Gasteiger partial charge in [0.15, 0.2) is 5.11 Å². The molecule has 104 valence electrons. The lowest BCUT2D eigenvalue weighted by atomic mass is 10.1. The summed E-state index contributed by atoms with van der Waals surface area (Å²) in [6, 6.07) is 8.21. The molecule has 0 aliphatic rings. The molecule has 0 radical (unpaired) electrons. The number of hydrogen-bond donors (Lipinski definition) is 2. The van der Waals surface area contributed by atoms with Crippen LogP contribution in [0.5, 0.6) is 0 Å². The Bertz CT molecular complexity index is 607. The molecule has 1 unspecified atom stereocenters. The maximum absolute atomic E-state index is 13.4. The average molecular weight is 310 g/mol. The first-order valence-corrected chi connectivity index (χ1v) is 6.77. The minimum atomic E-state index is -0.441. The largest absolute Gasteiger partial charge is 0.356 e. The van der Waals surface area contributed by atoms with Crippen LogP contribution >= 0.6 is 23.8 Å². The van der Waals surface area contributed by atoms with E-state index in [1.165, 1.54) is 12.1 Å². The maximum atomic E-state index is 13.4. The van der Waals surface area contributed by atoms with Gasteiger partial charge >= 0.3 is 0 Å². The molecule has 0 spiro atoms. The molecule has 0 aliphatic carbocycles. The highest BCUT2D eigenvalue weighted by atomic mass is 35.5. The number of nitrogens with one attached hydrogen (secondary N) is 2. The van der Waals surface area contributed by atoms with Crippen molar-refractivity contribution in [2.45, 2.75) is 13.0 Å². The van der Waals surface area contributed by atoms with E-state index in [2.05, 4.69) is 15.6 Å². The third-order valence-electron chi connectivity index (χ3n) is 2.71. The molecule has 0 saturated heterocycles. The fourth-order valence-electron chi connectivity index (χ4n) is 1.67. The molecular formula is C14H13ClFN3S. The average Bonchev–Trinajstić information content (AvgIpc) is 2.42. The zero-order valence-electron chi connectivity index (χ0n) is 10.7. The predicted octanol–water partition coefficient (Wildman–Crippen LogP) is 3.92. The summed E-state index contributed by atoms with van der Waals surface area (Å²) in [5.41, 5.74) is 1.56. The van der Waals surface area contributed by atoms with Crippen LogP contribution in [0.1, 0.15) is 18.5 Å². The van der Waals surface area contributed by atoms with E-state index >= 15 is 0 Å². The van der Waals surface area contributed by atoms with Crippen LogP contribution in [0.25, 0.3) is 0 Å². The molecule has 0 amide bonds. The van der Waals surface area contributed by atoms with Crippen molar-refractivity contribution in [1.29, 1.82) is 0 Å². The van der Waals surface area contributed by atoms with Crippen molar-refractivity contribution in [3.05, 3.63) is 59.1 Å². The van der Waals surface area contributed by atoms with E-state index in [-0.39, 0.29) is 11.1 Å². The summed E-state index contributed by atoms with van der Waals surface area (Å²) in [5.74, 6) is -0.441. The third-order valence-corrected chi connectivity index (χ3v) is 3.24. The van der Waals surface area contributed by atoms with Crippen LogP contribution < -0.4 is 10.6 Å². The Morgan fingerprint density at radius 1 is 1.40 bits per heavy atom. The van der Waals surface area contributed by atoms with Gasteiger partial charge in [-0.3, -0.25) is 4.98 Å². The summed E-state index contributed by atoms with van der Waals surface area (Å²) in [7, 11) is 0. The molecule has 2 aromatic rings. The smallest absolute Gasteiger partial charge is 0.171 e. The molecule has 6 heteroatoms. The Kier molecular flexibility index (Phi) is 4.87. The number of pyridine rings is 1. The topological polar surface area (TPSA) is 37.0 Å². The minimum Gasteiger partial charge on any atom is -0.356 e. The molecule has 2 N–H and O–H groups in total. The van der Waals surface area contributed by atoms with Gasteiger partial charge in [0, 0.05) is 6.20 Å². The first-order valence-electron chi connectivity index (χ1n) is 5.99. The van der Waals surface area contributed by atoms with Crippen molar-refractivity contribution in [3.8, 4) is 0 Å². The Morgan fingerprint density at radius 2 is 2.20 bits per heavy atom. The number of nitrogens with zero attached hydrogens (tertiary/aromatic N) is 1. The highest BCUT2D eigenvalue weighted by Gasteiger charge is 2.09. The molecule has 1 aromatic heterocycles. The lowest BCUT2D eigenvalue weighted by Gasteiger charge is -2.17. The number of halogens is 2. The van der Waals surface area contributed by atoms with Crippen LogP contribution in [0, 0.1) is 5.82 Å². The van der Waals surface area contributed by atoms with Gasteiger partial charge in [-0.05, 0) is 49.0 Å². The van der Waals surface area contributed by atoms with Crippen LogP contribution in [0.4, 0.5) is 10.1 Å². The molecule has 3 nitrogen and oxygen atoms in total. The summed E-state index contributed by atoms with van der Waals surface area (Å²) in [6.45, 7) is 1.89. The first-order chi connectivity index (χ1) is 9.56. The van der Waals surface area contributed by atoms with Crippen molar-refractivity contribution in [1.82, 2.24) is 10.3 Å². The number of benzene rings is 1. The zero-order valence-corrected chi connectivity index (χ0v) is 12.3. The molecule has 0 saturated carbocycles. The van der Waals surface area contributed by atoms with Gasteiger partial charge in [0.1, 0.15) is 5.82 Å². The van der Waals surface area contributed by atoms with Crippen molar-refractivity contribution >= 4 is 34.6 Å². The van der Waals surface area contributed by atoms with Gasteiger partial charge in [0.25, 0.3) is 0 Å². The van der Waals surface area contributed by atoms with Crippen LogP contribution in [-0.4, -0.2) is 10.1 Å². The number of rotatable bonds is 3. The first kappa shape index (κ1) is 14.7. The lowest BCUT2D eigenvalue weighted by Crippen LogP contribution is -2.30. The number of thiocarbonyl (C=S) groups is 1. The fraction of sp³-hybridized carbons (Fsp3) is 0.143. The van der Waals surface area contributed by atoms with E-state index in [4.69, 9.17) is 23.8 Å². The molecule has 1 heterocycles. The second kappa shape index (κ2) is 6.63. The van der Waals surface area contributed by atoms with Gasteiger partial charge in [-0.2, -0.15) is 0 Å². The maximum Gasteiger partial charge on any atom is 0.171 e. The van der Waals surface area contributed by atoms with E-state index in [9.17, 15) is 4.39 Å². The molecule has 1 aromatic carbocycles. The fourth-order valence-corrected chi connectivity index (χ4v) is 2.08. The van der Waals surface area contributed by atoms with Crippen LogP contribution in [0.15, 0.2) is 42.7 Å². The van der Waals surface area contributed by atoms with Gasteiger partial charge in [0.2, 0.25) is 0 Å². The van der Waals surface area contributed by atoms with Crippen molar-refractivity contribution < 1.29 is 4.39 Å². The van der Waals surface area contributed by atoms with E-state index in [1.54, 1.807) is 18.5 Å². The molecule has 2 rings (SSSR count). The summed E-state index contributed by atoms with van der Waals surface area (Å²) in [4.78, 5) is 3.98. The molecule has 0 fully saturated rings. The van der Waals surface area contributed by atoms with E-state index in [1.807, 2.05) is 19.1 Å². The Balaban J connectivity index is 1.98. The minimum absolute atomic E-state index is 0.108.